The maximum absolute atomic E-state index is 13.0. The van der Waals surface area contributed by atoms with Gasteiger partial charge in [0.2, 0.25) is 10.0 Å². The molecule has 0 aliphatic heterocycles. The highest BCUT2D eigenvalue weighted by molar-refractivity contribution is 7.89. The predicted octanol–water partition coefficient (Wildman–Crippen LogP) is 3.64. The largest absolute Gasteiger partial charge is 0.495 e. The molecule has 2 aliphatic carbocycles. The molecule has 7 heteroatoms. The lowest BCUT2D eigenvalue weighted by Crippen LogP contribution is -2.26. The molecular weight excluding hydrogens is 400 g/mol. The van der Waals surface area contributed by atoms with Crippen LogP contribution in [0.2, 0.25) is 0 Å². The van der Waals surface area contributed by atoms with E-state index in [9.17, 15) is 13.2 Å². The SMILES string of the molecule is COc1ccc(C(=O)Nc2ccc3c4c(cccc24)CC3)cc1S(=O)(=O)NC1CC1. The lowest BCUT2D eigenvalue weighted by molar-refractivity contribution is 0.102. The third-order valence-electron chi connectivity index (χ3n) is 5.74. The van der Waals surface area contributed by atoms with Gasteiger partial charge in [-0.3, -0.25) is 4.79 Å². The Hall–Kier alpha value is -2.90. The molecule has 2 aliphatic rings. The van der Waals surface area contributed by atoms with Gasteiger partial charge in [0.25, 0.3) is 5.91 Å². The van der Waals surface area contributed by atoms with Crippen molar-refractivity contribution in [1.29, 1.82) is 0 Å². The van der Waals surface area contributed by atoms with Gasteiger partial charge in [0.1, 0.15) is 10.6 Å². The van der Waals surface area contributed by atoms with Crippen molar-refractivity contribution >= 4 is 32.4 Å². The van der Waals surface area contributed by atoms with Crippen molar-refractivity contribution in [2.45, 2.75) is 36.6 Å². The van der Waals surface area contributed by atoms with Gasteiger partial charge in [0.05, 0.1) is 7.11 Å². The number of hydrogen-bond acceptors (Lipinski definition) is 4. The molecule has 2 N–H and O–H groups in total. The molecule has 3 aromatic carbocycles. The van der Waals surface area contributed by atoms with E-state index in [-0.39, 0.29) is 28.2 Å². The number of methoxy groups -OCH3 is 1. The minimum atomic E-state index is -3.76. The number of ether oxygens (including phenoxy) is 1. The first-order valence-corrected chi connectivity index (χ1v) is 11.5. The highest BCUT2D eigenvalue weighted by Crippen LogP contribution is 2.35. The minimum absolute atomic E-state index is 0.0232. The Morgan fingerprint density at radius 3 is 2.53 bits per heavy atom. The normalized spacial score (nSPS) is 15.4. The van der Waals surface area contributed by atoms with E-state index >= 15 is 0 Å². The van der Waals surface area contributed by atoms with Crippen LogP contribution in [-0.4, -0.2) is 27.5 Å². The second-order valence-corrected chi connectivity index (χ2v) is 9.51. The molecular formula is C23H22N2O4S. The summed E-state index contributed by atoms with van der Waals surface area (Å²) in [6.45, 7) is 0. The average molecular weight is 423 g/mol. The highest BCUT2D eigenvalue weighted by Gasteiger charge is 2.30. The molecule has 5 rings (SSSR count). The lowest BCUT2D eigenvalue weighted by Gasteiger charge is -2.13. The van der Waals surface area contributed by atoms with Crippen LogP contribution < -0.4 is 14.8 Å². The molecule has 3 aromatic rings. The van der Waals surface area contributed by atoms with Crippen molar-refractivity contribution in [2.24, 2.45) is 0 Å². The van der Waals surface area contributed by atoms with Crippen LogP contribution in [0.25, 0.3) is 10.8 Å². The number of amides is 1. The van der Waals surface area contributed by atoms with E-state index in [1.807, 2.05) is 18.2 Å². The fourth-order valence-corrected chi connectivity index (χ4v) is 5.56. The number of aryl methyl sites for hydroxylation is 2. The molecule has 154 valence electrons. The summed E-state index contributed by atoms with van der Waals surface area (Å²) in [6, 6.07) is 14.5. The molecule has 0 aromatic heterocycles. The fraction of sp³-hybridized carbons (Fsp3) is 0.261. The molecule has 1 fully saturated rings. The zero-order valence-electron chi connectivity index (χ0n) is 16.6. The molecule has 30 heavy (non-hydrogen) atoms. The number of nitrogens with one attached hydrogen (secondary N) is 2. The Labute approximate surface area is 175 Å². The highest BCUT2D eigenvalue weighted by atomic mass is 32.2. The van der Waals surface area contributed by atoms with Gasteiger partial charge in [-0.05, 0) is 66.5 Å². The molecule has 1 amide bonds. The summed E-state index contributed by atoms with van der Waals surface area (Å²) < 4.78 is 33.3. The molecule has 0 unspecified atom stereocenters. The average Bonchev–Trinajstić information content (AvgIpc) is 3.45. The molecule has 0 atom stereocenters. The third-order valence-corrected chi connectivity index (χ3v) is 7.28. The molecule has 0 bridgehead atoms. The first kappa shape index (κ1) is 19.1. The van der Waals surface area contributed by atoms with Gasteiger partial charge in [-0.25, -0.2) is 13.1 Å². The van der Waals surface area contributed by atoms with Crippen molar-refractivity contribution in [3.8, 4) is 5.75 Å². The number of rotatable bonds is 6. The summed E-state index contributed by atoms with van der Waals surface area (Å²) >= 11 is 0. The quantitative estimate of drug-likeness (QED) is 0.635. The van der Waals surface area contributed by atoms with E-state index in [0.717, 1.165) is 36.8 Å². The number of hydrogen-bond donors (Lipinski definition) is 2. The maximum Gasteiger partial charge on any atom is 0.255 e. The van der Waals surface area contributed by atoms with E-state index in [1.54, 1.807) is 6.07 Å². The summed E-state index contributed by atoms with van der Waals surface area (Å²) in [4.78, 5) is 13.0. The van der Waals surface area contributed by atoms with Crippen LogP contribution in [0.4, 0.5) is 5.69 Å². The van der Waals surface area contributed by atoms with Gasteiger partial charge in [-0.2, -0.15) is 0 Å². The lowest BCUT2D eigenvalue weighted by atomic mass is 10.0. The Kier molecular flexibility index (Phi) is 4.52. The summed E-state index contributed by atoms with van der Waals surface area (Å²) in [5.74, 6) is -0.149. The molecule has 0 spiro atoms. The Balaban J connectivity index is 1.49. The smallest absolute Gasteiger partial charge is 0.255 e. The number of carbonyl (C=O) groups excluding carboxylic acids is 1. The summed E-state index contributed by atoms with van der Waals surface area (Å²) in [7, 11) is -2.35. The summed E-state index contributed by atoms with van der Waals surface area (Å²) in [5.41, 5.74) is 3.57. The van der Waals surface area contributed by atoms with Crippen molar-refractivity contribution in [1.82, 2.24) is 4.72 Å². The van der Waals surface area contributed by atoms with Crippen LogP contribution in [0.5, 0.6) is 5.75 Å². The van der Waals surface area contributed by atoms with Crippen LogP contribution in [0.1, 0.15) is 34.3 Å². The van der Waals surface area contributed by atoms with Crippen molar-refractivity contribution < 1.29 is 17.9 Å². The van der Waals surface area contributed by atoms with Gasteiger partial charge in [0.15, 0.2) is 0 Å². The van der Waals surface area contributed by atoms with Gasteiger partial charge in [-0.1, -0.05) is 24.3 Å². The molecule has 1 saturated carbocycles. The van der Waals surface area contributed by atoms with E-state index in [4.69, 9.17) is 4.74 Å². The van der Waals surface area contributed by atoms with Crippen LogP contribution >= 0.6 is 0 Å². The Morgan fingerprint density at radius 2 is 1.80 bits per heavy atom. The zero-order valence-corrected chi connectivity index (χ0v) is 17.4. The van der Waals surface area contributed by atoms with Crippen molar-refractivity contribution in [3.63, 3.8) is 0 Å². The molecule has 0 heterocycles. The van der Waals surface area contributed by atoms with Gasteiger partial charge < -0.3 is 10.1 Å². The first-order chi connectivity index (χ1) is 14.5. The standard InChI is InChI=1S/C23H22N2O4S/c1-29-20-12-8-16(13-21(20)30(27,28)25-17-9-10-17)23(26)24-19-11-7-15-6-5-14-3-2-4-18(19)22(14)15/h2-4,7-8,11-13,17,25H,5-6,9-10H2,1H3,(H,24,26). The topological polar surface area (TPSA) is 84.5 Å². The predicted molar refractivity (Wildman–Crippen MR) is 116 cm³/mol. The molecule has 0 saturated heterocycles. The summed E-state index contributed by atoms with van der Waals surface area (Å²) in [5, 5.41) is 5.17. The van der Waals surface area contributed by atoms with E-state index < -0.39 is 10.0 Å². The maximum atomic E-state index is 13.0. The van der Waals surface area contributed by atoms with Crippen LogP contribution in [0.15, 0.2) is 53.4 Å². The first-order valence-electron chi connectivity index (χ1n) is 10.0. The molecule has 0 radical (unpaired) electrons. The number of anilines is 1. The second kappa shape index (κ2) is 7.11. The van der Waals surface area contributed by atoms with E-state index in [1.165, 1.54) is 35.8 Å². The fourth-order valence-electron chi connectivity index (χ4n) is 4.06. The van der Waals surface area contributed by atoms with Gasteiger partial charge in [-0.15, -0.1) is 0 Å². The van der Waals surface area contributed by atoms with Gasteiger partial charge in [0, 0.05) is 22.7 Å². The Morgan fingerprint density at radius 1 is 1.03 bits per heavy atom. The van der Waals surface area contributed by atoms with Crippen LogP contribution in [0.3, 0.4) is 0 Å². The van der Waals surface area contributed by atoms with E-state index in [2.05, 4.69) is 22.2 Å². The summed E-state index contributed by atoms with van der Waals surface area (Å²) in [6.07, 6.45) is 3.68. The Bertz CT molecular complexity index is 1270. The molecule has 6 nitrogen and oxygen atoms in total. The van der Waals surface area contributed by atoms with Crippen molar-refractivity contribution in [3.05, 3.63) is 65.2 Å². The van der Waals surface area contributed by atoms with E-state index in [0.29, 0.717) is 0 Å². The monoisotopic (exact) mass is 422 g/mol. The third kappa shape index (κ3) is 3.34. The van der Waals surface area contributed by atoms with Crippen LogP contribution in [-0.2, 0) is 22.9 Å². The minimum Gasteiger partial charge on any atom is -0.495 e. The van der Waals surface area contributed by atoms with Gasteiger partial charge >= 0.3 is 0 Å². The van der Waals surface area contributed by atoms with Crippen LogP contribution in [0, 0.1) is 0 Å². The second-order valence-electron chi connectivity index (χ2n) is 7.83. The number of sulfonamides is 1. The number of carbonyl (C=O) groups is 1. The van der Waals surface area contributed by atoms with Crippen molar-refractivity contribution in [2.75, 3.05) is 12.4 Å². The number of benzene rings is 3. The zero-order chi connectivity index (χ0) is 20.9.